The van der Waals surface area contributed by atoms with E-state index < -0.39 is 0 Å². The number of nitrogens with zero attached hydrogens (tertiary/aromatic N) is 1. The summed E-state index contributed by atoms with van der Waals surface area (Å²) in [5, 5.41) is 0. The van der Waals surface area contributed by atoms with Crippen LogP contribution in [-0.4, -0.2) is 25.5 Å². The van der Waals surface area contributed by atoms with Gasteiger partial charge in [-0.25, -0.2) is 5.43 Å². The van der Waals surface area contributed by atoms with Crippen LogP contribution in [0, 0.1) is 5.92 Å². The number of amides is 1. The summed E-state index contributed by atoms with van der Waals surface area (Å²) in [6.45, 7) is 8.95. The summed E-state index contributed by atoms with van der Waals surface area (Å²) in [7, 11) is 4.00. The molecule has 1 unspecified atom stereocenters. The van der Waals surface area contributed by atoms with E-state index in [1.165, 1.54) is 70.6 Å². The molecule has 0 saturated carbocycles. The van der Waals surface area contributed by atoms with E-state index in [9.17, 15) is 4.79 Å². The minimum Gasteiger partial charge on any atom is -0.378 e. The maximum Gasteiger partial charge on any atom is 0.265 e. The Morgan fingerprint density at radius 1 is 0.871 bits per heavy atom. The molecular formula is C26H48ClN3O. The molecule has 0 heterocycles. The molecule has 1 rings (SSSR count). The molecule has 0 saturated heterocycles. The van der Waals surface area contributed by atoms with E-state index in [0.717, 1.165) is 5.69 Å². The van der Waals surface area contributed by atoms with Crippen molar-refractivity contribution in [1.29, 1.82) is 0 Å². The highest BCUT2D eigenvalue weighted by atomic mass is 35.5. The zero-order chi connectivity index (χ0) is 22.4. The van der Waals surface area contributed by atoms with Crippen molar-refractivity contribution >= 4 is 24.0 Å². The lowest BCUT2D eigenvalue weighted by Crippen LogP contribution is -2.54. The second-order valence-corrected chi connectivity index (χ2v) is 9.49. The predicted molar refractivity (Wildman–Crippen MR) is 138 cm³/mol. The second-order valence-electron chi connectivity index (χ2n) is 9.49. The first-order valence-corrected chi connectivity index (χ1v) is 12.2. The van der Waals surface area contributed by atoms with Crippen LogP contribution in [0.3, 0.4) is 0 Å². The molecule has 31 heavy (non-hydrogen) atoms. The van der Waals surface area contributed by atoms with E-state index in [2.05, 4.69) is 38.5 Å². The normalized spacial score (nSPS) is 12.2. The van der Waals surface area contributed by atoms with Gasteiger partial charge in [0, 0.05) is 30.9 Å². The Kier molecular flexibility index (Phi) is 15.7. The van der Waals surface area contributed by atoms with Crippen LogP contribution in [-0.2, 0) is 0 Å². The Morgan fingerprint density at radius 2 is 1.42 bits per heavy atom. The van der Waals surface area contributed by atoms with Crippen LogP contribution < -0.4 is 15.8 Å². The van der Waals surface area contributed by atoms with Gasteiger partial charge in [0.1, 0.15) is 0 Å². The molecule has 0 fully saturated rings. The third-order valence-electron chi connectivity index (χ3n) is 6.21. The zero-order valence-corrected chi connectivity index (χ0v) is 21.7. The molecule has 0 spiro atoms. The van der Waals surface area contributed by atoms with E-state index in [1.54, 1.807) is 0 Å². The number of hydrogen-bond donors (Lipinski definition) is 2. The highest BCUT2D eigenvalue weighted by Crippen LogP contribution is 2.27. The van der Waals surface area contributed by atoms with Gasteiger partial charge in [-0.2, -0.15) is 0 Å². The lowest BCUT2D eigenvalue weighted by Gasteiger charge is -2.35. The van der Waals surface area contributed by atoms with Crippen LogP contribution >= 0.6 is 12.4 Å². The van der Waals surface area contributed by atoms with E-state index in [0.29, 0.717) is 11.5 Å². The van der Waals surface area contributed by atoms with E-state index in [1.807, 2.05) is 43.3 Å². The van der Waals surface area contributed by atoms with Crippen molar-refractivity contribution < 1.29 is 4.79 Å². The summed E-state index contributed by atoms with van der Waals surface area (Å²) in [4.78, 5) is 14.6. The Hall–Kier alpha value is -1.26. The number of nitrogens with one attached hydrogen (secondary N) is 2. The fourth-order valence-electron chi connectivity index (χ4n) is 4.04. The second kappa shape index (κ2) is 16.4. The van der Waals surface area contributed by atoms with Crippen LogP contribution in [0.1, 0.15) is 109 Å². The van der Waals surface area contributed by atoms with Crippen molar-refractivity contribution in [2.24, 2.45) is 5.92 Å². The molecule has 5 heteroatoms. The zero-order valence-electron chi connectivity index (χ0n) is 20.9. The van der Waals surface area contributed by atoms with Crippen LogP contribution in [0.2, 0.25) is 0 Å². The molecule has 0 radical (unpaired) electrons. The van der Waals surface area contributed by atoms with Gasteiger partial charge < -0.3 is 4.90 Å². The lowest BCUT2D eigenvalue weighted by atomic mass is 9.81. The summed E-state index contributed by atoms with van der Waals surface area (Å²) in [6.07, 6.45) is 14.4. The molecule has 2 N–H and O–H groups in total. The molecule has 1 aromatic rings. The van der Waals surface area contributed by atoms with Crippen LogP contribution in [0.5, 0.6) is 0 Å². The number of hydrogen-bond acceptors (Lipinski definition) is 3. The van der Waals surface area contributed by atoms with E-state index in [-0.39, 0.29) is 23.9 Å². The van der Waals surface area contributed by atoms with Gasteiger partial charge in [-0.1, -0.05) is 71.6 Å². The number of rotatable bonds is 16. The monoisotopic (exact) mass is 453 g/mol. The Bertz CT molecular complexity index is 587. The van der Waals surface area contributed by atoms with Gasteiger partial charge in [0.25, 0.3) is 5.91 Å². The molecule has 0 aliphatic rings. The Balaban J connectivity index is 0.00000900. The first-order valence-electron chi connectivity index (χ1n) is 12.2. The first-order chi connectivity index (χ1) is 14.3. The highest BCUT2D eigenvalue weighted by Gasteiger charge is 2.28. The average Bonchev–Trinajstić information content (AvgIpc) is 2.73. The van der Waals surface area contributed by atoms with Crippen molar-refractivity contribution in [3.05, 3.63) is 29.8 Å². The van der Waals surface area contributed by atoms with Gasteiger partial charge in [-0.15, -0.1) is 12.4 Å². The number of unbranched alkanes of at least 4 members (excludes halogenated alkanes) is 7. The van der Waals surface area contributed by atoms with Crippen molar-refractivity contribution in [3.63, 3.8) is 0 Å². The van der Waals surface area contributed by atoms with Crippen LogP contribution in [0.25, 0.3) is 0 Å². The number of carbonyl (C=O) groups is 1. The fourth-order valence-corrected chi connectivity index (χ4v) is 4.04. The summed E-state index contributed by atoms with van der Waals surface area (Å²) in [5.74, 6) is 0.481. The van der Waals surface area contributed by atoms with Crippen LogP contribution in [0.4, 0.5) is 5.69 Å². The third kappa shape index (κ3) is 11.8. The molecule has 0 aromatic heterocycles. The van der Waals surface area contributed by atoms with Gasteiger partial charge in [0.2, 0.25) is 0 Å². The molecule has 0 aliphatic carbocycles. The third-order valence-corrected chi connectivity index (χ3v) is 6.21. The fraction of sp³-hybridized carbons (Fsp3) is 0.731. The molecule has 0 aliphatic heterocycles. The highest BCUT2D eigenvalue weighted by molar-refractivity contribution is 5.94. The SMILES string of the molecule is CCCCCCCCCCC(CCC)C(C)(C)NNC(=O)c1ccc(N(C)C)cc1.Cl. The molecule has 4 nitrogen and oxygen atoms in total. The molecule has 1 atom stereocenters. The number of hydrazine groups is 1. The van der Waals surface area contributed by atoms with Gasteiger partial charge in [-0.3, -0.25) is 10.2 Å². The number of anilines is 1. The Morgan fingerprint density at radius 3 is 1.94 bits per heavy atom. The number of benzene rings is 1. The number of halogens is 1. The maximum atomic E-state index is 12.6. The molecule has 1 aromatic carbocycles. The van der Waals surface area contributed by atoms with Crippen LogP contribution in [0.15, 0.2) is 24.3 Å². The molecule has 1 amide bonds. The van der Waals surface area contributed by atoms with Gasteiger partial charge in [0.15, 0.2) is 0 Å². The van der Waals surface area contributed by atoms with Crippen molar-refractivity contribution in [3.8, 4) is 0 Å². The summed E-state index contributed by atoms with van der Waals surface area (Å²) < 4.78 is 0. The van der Waals surface area contributed by atoms with Gasteiger partial charge >= 0.3 is 0 Å². The lowest BCUT2D eigenvalue weighted by molar-refractivity contribution is 0.0883. The molecule has 0 bridgehead atoms. The predicted octanol–water partition coefficient (Wildman–Crippen LogP) is 7.13. The Labute approximate surface area is 198 Å². The van der Waals surface area contributed by atoms with Crippen molar-refractivity contribution in [1.82, 2.24) is 10.9 Å². The minimum atomic E-state index is -0.129. The smallest absolute Gasteiger partial charge is 0.265 e. The van der Waals surface area contributed by atoms with Gasteiger partial charge in [0.05, 0.1) is 0 Å². The molecule has 180 valence electrons. The van der Waals surface area contributed by atoms with E-state index in [4.69, 9.17) is 0 Å². The summed E-state index contributed by atoms with van der Waals surface area (Å²) >= 11 is 0. The topological polar surface area (TPSA) is 44.4 Å². The van der Waals surface area contributed by atoms with E-state index >= 15 is 0 Å². The largest absolute Gasteiger partial charge is 0.378 e. The number of carbonyl (C=O) groups excluding carboxylic acids is 1. The summed E-state index contributed by atoms with van der Waals surface area (Å²) in [5.41, 5.74) is 7.94. The first kappa shape index (κ1) is 29.7. The quantitative estimate of drug-likeness (QED) is 0.206. The minimum absolute atomic E-state index is 0. The maximum absolute atomic E-state index is 12.6. The molecular weight excluding hydrogens is 406 g/mol. The summed E-state index contributed by atoms with van der Waals surface area (Å²) in [6, 6.07) is 7.71. The van der Waals surface area contributed by atoms with Gasteiger partial charge in [-0.05, 0) is 56.9 Å². The van der Waals surface area contributed by atoms with Crippen molar-refractivity contribution in [2.75, 3.05) is 19.0 Å². The standard InChI is InChI=1S/C26H47N3O.ClH/c1-7-9-10-11-12-13-14-15-17-23(16-8-2)26(3,4)28-27-25(30)22-18-20-24(21-19-22)29(5)6;/h18-21,23,28H,7-17H2,1-6H3,(H,27,30);1H. The average molecular weight is 454 g/mol. The van der Waals surface area contributed by atoms with Crippen molar-refractivity contribution in [2.45, 2.75) is 104 Å².